The topological polar surface area (TPSA) is 55.6 Å². The van der Waals surface area contributed by atoms with E-state index in [1.807, 2.05) is 25.7 Å². The highest BCUT2D eigenvalue weighted by Gasteiger charge is 2.26. The van der Waals surface area contributed by atoms with E-state index in [0.717, 1.165) is 38.9 Å². The van der Waals surface area contributed by atoms with Gasteiger partial charge in [-0.2, -0.15) is 0 Å². The van der Waals surface area contributed by atoms with Gasteiger partial charge >= 0.3 is 6.09 Å². The molecule has 0 spiro atoms. The first-order valence-corrected chi connectivity index (χ1v) is 7.51. The molecule has 112 valence electrons. The van der Waals surface area contributed by atoms with E-state index in [4.69, 9.17) is 10.5 Å². The van der Waals surface area contributed by atoms with Crippen LogP contribution in [0, 0.1) is 11.8 Å². The van der Waals surface area contributed by atoms with Crippen molar-refractivity contribution in [1.29, 1.82) is 0 Å². The lowest BCUT2D eigenvalue weighted by molar-refractivity contribution is 0.0254. The number of amides is 1. The van der Waals surface area contributed by atoms with Crippen LogP contribution in [-0.2, 0) is 4.74 Å². The monoisotopic (exact) mass is 270 g/mol. The van der Waals surface area contributed by atoms with Crippen LogP contribution < -0.4 is 5.73 Å². The molecule has 1 aliphatic heterocycles. The molecule has 1 fully saturated rings. The van der Waals surface area contributed by atoms with E-state index in [1.165, 1.54) is 6.42 Å². The predicted molar refractivity (Wildman–Crippen MR) is 78.0 cm³/mol. The highest BCUT2D eigenvalue weighted by Crippen LogP contribution is 2.27. The van der Waals surface area contributed by atoms with E-state index in [9.17, 15) is 4.79 Å². The van der Waals surface area contributed by atoms with E-state index in [2.05, 4.69) is 6.92 Å². The average molecular weight is 270 g/mol. The molecule has 0 bridgehead atoms. The van der Waals surface area contributed by atoms with Crippen LogP contribution in [0.5, 0.6) is 0 Å². The Morgan fingerprint density at radius 2 is 2.05 bits per heavy atom. The van der Waals surface area contributed by atoms with Gasteiger partial charge < -0.3 is 15.4 Å². The summed E-state index contributed by atoms with van der Waals surface area (Å²) in [4.78, 5) is 13.9. The lowest BCUT2D eigenvalue weighted by atomic mass is 9.86. The largest absolute Gasteiger partial charge is 0.444 e. The summed E-state index contributed by atoms with van der Waals surface area (Å²) >= 11 is 0. The van der Waals surface area contributed by atoms with Gasteiger partial charge in [0.25, 0.3) is 0 Å². The molecule has 1 rings (SSSR count). The number of ether oxygens (including phenoxy) is 1. The van der Waals surface area contributed by atoms with Gasteiger partial charge in [-0.05, 0) is 64.8 Å². The van der Waals surface area contributed by atoms with Crippen LogP contribution in [-0.4, -0.2) is 36.2 Å². The molecule has 2 unspecified atom stereocenters. The molecule has 0 aromatic carbocycles. The summed E-state index contributed by atoms with van der Waals surface area (Å²) in [6.07, 6.45) is 4.25. The van der Waals surface area contributed by atoms with Crippen LogP contribution in [0.4, 0.5) is 4.79 Å². The Balaban J connectivity index is 2.47. The second-order valence-corrected chi connectivity index (χ2v) is 6.71. The summed E-state index contributed by atoms with van der Waals surface area (Å²) in [7, 11) is 0. The molecule has 0 saturated carbocycles. The number of carbonyl (C=O) groups is 1. The Kier molecular flexibility index (Phi) is 6.11. The molecule has 1 saturated heterocycles. The van der Waals surface area contributed by atoms with Crippen molar-refractivity contribution in [3.8, 4) is 0 Å². The minimum absolute atomic E-state index is 0.167. The standard InChI is InChI=1S/C15H30N2O2/c1-12(7-9-16)13-6-5-10-17(11-8-13)14(18)19-15(2,3)4/h12-13H,5-11,16H2,1-4H3. The van der Waals surface area contributed by atoms with E-state index in [1.54, 1.807) is 0 Å². The highest BCUT2D eigenvalue weighted by atomic mass is 16.6. The second kappa shape index (κ2) is 7.13. The van der Waals surface area contributed by atoms with Gasteiger partial charge in [0.05, 0.1) is 0 Å². The molecule has 0 aliphatic carbocycles. The molecular weight excluding hydrogens is 240 g/mol. The maximum Gasteiger partial charge on any atom is 0.410 e. The number of hydrogen-bond donors (Lipinski definition) is 1. The number of rotatable bonds is 3. The van der Waals surface area contributed by atoms with Crippen LogP contribution in [0.1, 0.15) is 53.4 Å². The van der Waals surface area contributed by atoms with Gasteiger partial charge in [-0.1, -0.05) is 6.92 Å². The zero-order valence-corrected chi connectivity index (χ0v) is 12.9. The van der Waals surface area contributed by atoms with Gasteiger partial charge in [0.1, 0.15) is 5.60 Å². The molecule has 1 aliphatic rings. The number of likely N-dealkylation sites (tertiary alicyclic amines) is 1. The summed E-state index contributed by atoms with van der Waals surface area (Å²) in [5, 5.41) is 0. The van der Waals surface area contributed by atoms with Crippen molar-refractivity contribution in [2.75, 3.05) is 19.6 Å². The van der Waals surface area contributed by atoms with Crippen molar-refractivity contribution in [3.05, 3.63) is 0 Å². The third-order valence-corrected chi connectivity index (χ3v) is 3.85. The van der Waals surface area contributed by atoms with E-state index >= 15 is 0 Å². The average Bonchev–Trinajstić information content (AvgIpc) is 2.52. The molecule has 1 amide bonds. The minimum atomic E-state index is -0.407. The van der Waals surface area contributed by atoms with Crippen molar-refractivity contribution in [1.82, 2.24) is 4.90 Å². The maximum absolute atomic E-state index is 12.1. The predicted octanol–water partition coefficient (Wildman–Crippen LogP) is 3.01. The van der Waals surface area contributed by atoms with E-state index < -0.39 is 5.60 Å². The Morgan fingerprint density at radius 3 is 2.63 bits per heavy atom. The lowest BCUT2D eigenvalue weighted by Gasteiger charge is -2.26. The molecule has 2 atom stereocenters. The number of hydrogen-bond acceptors (Lipinski definition) is 3. The molecule has 19 heavy (non-hydrogen) atoms. The normalized spacial score (nSPS) is 22.8. The fraction of sp³-hybridized carbons (Fsp3) is 0.933. The summed E-state index contributed by atoms with van der Waals surface area (Å²) < 4.78 is 5.44. The van der Waals surface area contributed by atoms with Gasteiger partial charge in [0.15, 0.2) is 0 Å². The third-order valence-electron chi connectivity index (χ3n) is 3.85. The smallest absolute Gasteiger partial charge is 0.410 e. The second-order valence-electron chi connectivity index (χ2n) is 6.71. The fourth-order valence-electron chi connectivity index (χ4n) is 2.70. The first kappa shape index (κ1) is 16.3. The zero-order valence-electron chi connectivity index (χ0n) is 12.9. The minimum Gasteiger partial charge on any atom is -0.444 e. The van der Waals surface area contributed by atoms with Crippen LogP contribution in [0.25, 0.3) is 0 Å². The molecule has 0 aromatic rings. The Bertz CT molecular complexity index is 286. The SMILES string of the molecule is CC(CCN)C1CCCN(C(=O)OC(C)(C)C)CC1. The summed E-state index contributed by atoms with van der Waals surface area (Å²) in [5.74, 6) is 1.35. The van der Waals surface area contributed by atoms with Crippen LogP contribution in [0.15, 0.2) is 0 Å². The van der Waals surface area contributed by atoms with Gasteiger partial charge in [-0.15, -0.1) is 0 Å². The van der Waals surface area contributed by atoms with Gasteiger partial charge in [-0.25, -0.2) is 4.79 Å². The Labute approximate surface area is 117 Å². The molecule has 4 heteroatoms. The lowest BCUT2D eigenvalue weighted by Crippen LogP contribution is -2.37. The first-order chi connectivity index (χ1) is 8.83. The van der Waals surface area contributed by atoms with Crippen molar-refractivity contribution in [2.24, 2.45) is 17.6 Å². The van der Waals surface area contributed by atoms with Crippen LogP contribution in [0.3, 0.4) is 0 Å². The first-order valence-electron chi connectivity index (χ1n) is 7.51. The van der Waals surface area contributed by atoms with Crippen molar-refractivity contribution in [2.45, 2.75) is 59.0 Å². The summed E-state index contributed by atoms with van der Waals surface area (Å²) in [6.45, 7) is 10.4. The molecular formula is C15H30N2O2. The molecule has 0 radical (unpaired) electrons. The third kappa shape index (κ3) is 5.81. The summed E-state index contributed by atoms with van der Waals surface area (Å²) in [6, 6.07) is 0. The molecule has 1 heterocycles. The molecule has 4 nitrogen and oxygen atoms in total. The van der Waals surface area contributed by atoms with Gasteiger partial charge in [0.2, 0.25) is 0 Å². The van der Waals surface area contributed by atoms with Crippen molar-refractivity contribution >= 4 is 6.09 Å². The van der Waals surface area contributed by atoms with Crippen LogP contribution >= 0.6 is 0 Å². The van der Waals surface area contributed by atoms with Gasteiger partial charge in [-0.3, -0.25) is 0 Å². The quantitative estimate of drug-likeness (QED) is 0.857. The number of nitrogens with zero attached hydrogens (tertiary/aromatic N) is 1. The zero-order chi connectivity index (χ0) is 14.5. The van der Waals surface area contributed by atoms with Crippen LogP contribution in [0.2, 0.25) is 0 Å². The number of carbonyl (C=O) groups excluding carboxylic acids is 1. The van der Waals surface area contributed by atoms with Crippen molar-refractivity contribution < 1.29 is 9.53 Å². The molecule has 2 N–H and O–H groups in total. The van der Waals surface area contributed by atoms with Crippen molar-refractivity contribution in [3.63, 3.8) is 0 Å². The Hall–Kier alpha value is -0.770. The highest BCUT2D eigenvalue weighted by molar-refractivity contribution is 5.68. The summed E-state index contributed by atoms with van der Waals surface area (Å²) in [5.41, 5.74) is 5.23. The van der Waals surface area contributed by atoms with E-state index in [0.29, 0.717) is 11.8 Å². The number of nitrogens with two attached hydrogens (primary N) is 1. The van der Waals surface area contributed by atoms with Gasteiger partial charge in [0, 0.05) is 13.1 Å². The Morgan fingerprint density at radius 1 is 1.37 bits per heavy atom. The maximum atomic E-state index is 12.1. The molecule has 0 aromatic heterocycles. The van der Waals surface area contributed by atoms with E-state index in [-0.39, 0.29) is 6.09 Å². The fourth-order valence-corrected chi connectivity index (χ4v) is 2.70.